The molecule has 0 radical (unpaired) electrons. The van der Waals surface area contributed by atoms with Crippen molar-refractivity contribution in [3.63, 3.8) is 0 Å². The summed E-state index contributed by atoms with van der Waals surface area (Å²) < 4.78 is 0. The molecule has 0 atom stereocenters. The minimum Gasteiger partial charge on any atom is -0.351 e. The summed E-state index contributed by atoms with van der Waals surface area (Å²) in [6, 6.07) is 8.07. The van der Waals surface area contributed by atoms with Crippen molar-refractivity contribution in [3.8, 4) is 0 Å². The first-order chi connectivity index (χ1) is 7.29. The molecule has 0 saturated carbocycles. The van der Waals surface area contributed by atoms with Gasteiger partial charge in [-0.05, 0) is 17.0 Å². The first-order valence-electron chi connectivity index (χ1n) is 4.99. The normalized spacial score (nSPS) is 10.5. The maximum atomic E-state index is 11.2. The quantitative estimate of drug-likeness (QED) is 0.748. The van der Waals surface area contributed by atoms with Crippen molar-refractivity contribution in [1.82, 2.24) is 0 Å². The van der Waals surface area contributed by atoms with Crippen LogP contribution in [-0.4, -0.2) is 12.3 Å². The molecular weight excluding hydrogens is 188 g/mol. The maximum Gasteiger partial charge on any atom is 0.190 e. The molecule has 2 rings (SSSR count). The van der Waals surface area contributed by atoms with Crippen LogP contribution in [0.15, 0.2) is 36.7 Å². The van der Waals surface area contributed by atoms with Crippen LogP contribution in [-0.2, 0) is 11.2 Å². The average Bonchev–Trinajstić information content (AvgIpc) is 2.29. The first-order valence-corrected chi connectivity index (χ1v) is 4.99. The number of aromatic nitrogens is 1. The Morgan fingerprint density at radius 3 is 2.93 bits per heavy atom. The molecular formula is C12H14N2O+2. The Bertz CT molecular complexity index is 494. The molecule has 0 amide bonds. The largest absolute Gasteiger partial charge is 0.351 e. The number of benzene rings is 1. The van der Waals surface area contributed by atoms with Crippen LogP contribution in [0.2, 0.25) is 0 Å². The number of hydrogen-bond donors (Lipinski definition) is 1. The van der Waals surface area contributed by atoms with Gasteiger partial charge in [-0.25, -0.2) is 4.98 Å². The number of Topliss-reactive ketones (excluding diaryl/α,β-unsaturated/α-hetero) is 1. The van der Waals surface area contributed by atoms with Crippen LogP contribution < -0.4 is 10.7 Å². The van der Waals surface area contributed by atoms with Gasteiger partial charge in [0.1, 0.15) is 6.54 Å². The molecule has 0 saturated heterocycles. The lowest BCUT2D eigenvalue weighted by molar-refractivity contribution is -0.375. The van der Waals surface area contributed by atoms with Crippen molar-refractivity contribution in [2.24, 2.45) is 0 Å². The standard InChI is InChI=1S/C12H12N2O/c13-7-12(15)6-9-1-2-11-8-14-4-3-10(11)5-9/h1-5,8H,6-7,13H2/p+2. The van der Waals surface area contributed by atoms with Crippen molar-refractivity contribution in [1.29, 1.82) is 0 Å². The molecule has 0 aliphatic heterocycles. The van der Waals surface area contributed by atoms with Crippen molar-refractivity contribution < 1.29 is 15.5 Å². The third-order valence-electron chi connectivity index (χ3n) is 2.43. The van der Waals surface area contributed by atoms with Crippen LogP contribution in [0, 0.1) is 0 Å². The van der Waals surface area contributed by atoms with Gasteiger partial charge in [-0.15, -0.1) is 0 Å². The van der Waals surface area contributed by atoms with E-state index in [1.807, 2.05) is 30.6 Å². The van der Waals surface area contributed by atoms with Crippen LogP contribution >= 0.6 is 0 Å². The lowest BCUT2D eigenvalue weighted by Crippen LogP contribution is -2.54. The van der Waals surface area contributed by atoms with Crippen LogP contribution in [0.25, 0.3) is 10.8 Å². The summed E-state index contributed by atoms with van der Waals surface area (Å²) in [6.07, 6.45) is 4.32. The number of carbonyl (C=O) groups is 1. The van der Waals surface area contributed by atoms with E-state index in [1.54, 1.807) is 0 Å². The highest BCUT2D eigenvalue weighted by molar-refractivity contribution is 5.85. The molecule has 0 fully saturated rings. The van der Waals surface area contributed by atoms with Crippen molar-refractivity contribution in [2.75, 3.05) is 6.54 Å². The predicted octanol–water partition coefficient (Wildman–Crippen LogP) is 0.00740. The third kappa shape index (κ3) is 2.19. The summed E-state index contributed by atoms with van der Waals surface area (Å²) in [7, 11) is 0. The second kappa shape index (κ2) is 4.19. The summed E-state index contributed by atoms with van der Waals surface area (Å²) in [4.78, 5) is 14.3. The highest BCUT2D eigenvalue weighted by Crippen LogP contribution is 2.13. The van der Waals surface area contributed by atoms with Gasteiger partial charge in [0.2, 0.25) is 0 Å². The van der Waals surface area contributed by atoms with Crippen molar-refractivity contribution >= 4 is 16.6 Å². The molecule has 0 aliphatic rings. The highest BCUT2D eigenvalue weighted by Gasteiger charge is 2.04. The van der Waals surface area contributed by atoms with Gasteiger partial charge in [-0.1, -0.05) is 12.1 Å². The summed E-state index contributed by atoms with van der Waals surface area (Å²) in [5.41, 5.74) is 4.65. The zero-order valence-electron chi connectivity index (χ0n) is 8.49. The van der Waals surface area contributed by atoms with Crippen LogP contribution in [0.1, 0.15) is 5.56 Å². The van der Waals surface area contributed by atoms with Crippen molar-refractivity contribution in [3.05, 3.63) is 42.2 Å². The molecule has 15 heavy (non-hydrogen) atoms. The third-order valence-corrected chi connectivity index (χ3v) is 2.43. The summed E-state index contributed by atoms with van der Waals surface area (Å²) >= 11 is 0. The molecule has 2 aromatic rings. The van der Waals surface area contributed by atoms with E-state index in [1.165, 1.54) is 0 Å². The fourth-order valence-corrected chi connectivity index (χ4v) is 1.60. The molecule has 3 heteroatoms. The second-order valence-electron chi connectivity index (χ2n) is 3.57. The number of nitrogens with one attached hydrogen (secondary N) is 1. The molecule has 1 aromatic carbocycles. The predicted molar refractivity (Wildman–Crippen MR) is 57.0 cm³/mol. The zero-order valence-corrected chi connectivity index (χ0v) is 8.49. The van der Waals surface area contributed by atoms with Gasteiger partial charge in [0.05, 0.1) is 0 Å². The number of rotatable bonds is 3. The molecule has 0 bridgehead atoms. The number of carbonyl (C=O) groups excluding carboxylic acids is 1. The Morgan fingerprint density at radius 2 is 2.13 bits per heavy atom. The van der Waals surface area contributed by atoms with E-state index >= 15 is 0 Å². The van der Waals surface area contributed by atoms with E-state index in [4.69, 9.17) is 0 Å². The zero-order chi connectivity index (χ0) is 10.7. The van der Waals surface area contributed by atoms with E-state index in [2.05, 4.69) is 16.8 Å². The minimum atomic E-state index is 0.178. The fraction of sp³-hybridized carbons (Fsp3) is 0.167. The first kappa shape index (κ1) is 9.80. The van der Waals surface area contributed by atoms with Gasteiger partial charge < -0.3 is 5.73 Å². The van der Waals surface area contributed by atoms with Gasteiger partial charge in [0.15, 0.2) is 18.2 Å². The molecule has 3 nitrogen and oxygen atoms in total. The number of quaternary nitrogens is 1. The highest BCUT2D eigenvalue weighted by atomic mass is 16.1. The van der Waals surface area contributed by atoms with Crippen LogP contribution in [0.5, 0.6) is 0 Å². The van der Waals surface area contributed by atoms with E-state index in [9.17, 15) is 4.79 Å². The molecule has 0 spiro atoms. The number of H-pyrrole nitrogens is 1. The number of ketones is 1. The number of pyridine rings is 1. The Labute approximate surface area is 87.9 Å². The smallest absolute Gasteiger partial charge is 0.190 e. The van der Waals surface area contributed by atoms with Crippen LogP contribution in [0.4, 0.5) is 0 Å². The number of fused-ring (bicyclic) bond motifs is 1. The van der Waals surface area contributed by atoms with Gasteiger partial charge in [0, 0.05) is 17.9 Å². The van der Waals surface area contributed by atoms with Gasteiger partial charge in [-0.2, -0.15) is 0 Å². The Kier molecular flexibility index (Phi) is 2.74. The van der Waals surface area contributed by atoms with Crippen LogP contribution in [0.3, 0.4) is 0 Å². The summed E-state index contributed by atoms with van der Waals surface area (Å²) in [6.45, 7) is 0.362. The lowest BCUT2D eigenvalue weighted by atomic mass is 10.0. The minimum absolute atomic E-state index is 0.178. The lowest BCUT2D eigenvalue weighted by Gasteiger charge is -1.99. The summed E-state index contributed by atoms with van der Waals surface area (Å²) in [5, 5.41) is 2.31. The van der Waals surface area contributed by atoms with E-state index < -0.39 is 0 Å². The number of hydrogen-bond acceptors (Lipinski definition) is 1. The molecule has 76 valence electrons. The molecule has 4 N–H and O–H groups in total. The average molecular weight is 202 g/mol. The Hall–Kier alpha value is -1.74. The Morgan fingerprint density at radius 1 is 1.27 bits per heavy atom. The summed E-state index contributed by atoms with van der Waals surface area (Å²) in [5.74, 6) is 0.178. The molecule has 0 aliphatic carbocycles. The molecule has 1 aromatic heterocycles. The van der Waals surface area contributed by atoms with Gasteiger partial charge in [-0.3, -0.25) is 4.79 Å². The maximum absolute atomic E-state index is 11.2. The monoisotopic (exact) mass is 202 g/mol. The second-order valence-corrected chi connectivity index (χ2v) is 3.57. The Balaban J connectivity index is 2.34. The SMILES string of the molecule is [NH3+]CC(=O)Cc1ccc2c[nH+]ccc2c1. The van der Waals surface area contributed by atoms with E-state index in [0.29, 0.717) is 13.0 Å². The number of aromatic amines is 1. The topological polar surface area (TPSA) is 58.9 Å². The van der Waals surface area contributed by atoms with Gasteiger partial charge >= 0.3 is 0 Å². The van der Waals surface area contributed by atoms with Gasteiger partial charge in [0.25, 0.3) is 0 Å². The molecule has 1 heterocycles. The van der Waals surface area contributed by atoms with E-state index in [0.717, 1.165) is 16.3 Å². The van der Waals surface area contributed by atoms with E-state index in [-0.39, 0.29) is 5.78 Å². The fourth-order valence-electron chi connectivity index (χ4n) is 1.60. The van der Waals surface area contributed by atoms with Crippen molar-refractivity contribution in [2.45, 2.75) is 6.42 Å². The molecule has 0 unspecified atom stereocenters.